The fourth-order valence-corrected chi connectivity index (χ4v) is 15.2. The third kappa shape index (κ3) is 11.2. The van der Waals surface area contributed by atoms with Crippen molar-refractivity contribution in [3.05, 3.63) is 94.8 Å². The Kier molecular flexibility index (Phi) is 17.4. The fraction of sp³-hybridized carbons (Fsp3) is 0.629. The Bertz CT molecular complexity index is 2500. The van der Waals surface area contributed by atoms with Crippen LogP contribution in [-0.4, -0.2) is 107 Å². The minimum atomic E-state index is -1.48. The van der Waals surface area contributed by atoms with E-state index >= 15 is 0 Å². The lowest BCUT2D eigenvalue weighted by Crippen LogP contribution is -2.52. The number of carbonyl (C=O) groups excluding carboxylic acids is 2. The first-order valence-electron chi connectivity index (χ1n) is 28.4. The number of ether oxygens (including phenoxy) is 3. The summed E-state index contributed by atoms with van der Waals surface area (Å²) < 4.78 is 21.4. The van der Waals surface area contributed by atoms with Crippen LogP contribution in [0.3, 0.4) is 0 Å². The lowest BCUT2D eigenvalue weighted by Gasteiger charge is -2.58. The molecule has 2 N–H and O–H groups in total. The number of hydrogen-bond acceptors (Lipinski definition) is 9. The first-order valence-corrected chi connectivity index (χ1v) is 28.4. The zero-order valence-electron chi connectivity index (χ0n) is 45.9. The van der Waals surface area contributed by atoms with Crippen molar-refractivity contribution in [2.75, 3.05) is 50.8 Å². The third-order valence-electron chi connectivity index (χ3n) is 19.1. The summed E-state index contributed by atoms with van der Waals surface area (Å²) in [6.45, 7) is 21.9. The molecule has 1 aliphatic heterocycles. The van der Waals surface area contributed by atoms with E-state index in [1.54, 1.807) is 12.1 Å². The molecule has 2 aromatic carbocycles. The van der Waals surface area contributed by atoms with Crippen molar-refractivity contribution >= 4 is 35.3 Å². The lowest BCUT2D eigenvalue weighted by molar-refractivity contribution is -0.519. The number of aliphatic carboxylic acids is 2. The van der Waals surface area contributed by atoms with Gasteiger partial charge in [-0.1, -0.05) is 95.9 Å². The number of rotatable bonds is 21. The van der Waals surface area contributed by atoms with Gasteiger partial charge in [0, 0.05) is 60.8 Å². The molecule has 8 rings (SSSR count). The second kappa shape index (κ2) is 23.3. The van der Waals surface area contributed by atoms with E-state index in [1.165, 1.54) is 50.5 Å². The van der Waals surface area contributed by atoms with Crippen LogP contribution in [0.4, 0.5) is 5.69 Å². The summed E-state index contributed by atoms with van der Waals surface area (Å²) >= 11 is 0. The number of carbonyl (C=O) groups is 4. The van der Waals surface area contributed by atoms with Crippen molar-refractivity contribution in [1.29, 1.82) is 0 Å². The Hall–Kier alpha value is -5.23. The van der Waals surface area contributed by atoms with Gasteiger partial charge in [0.05, 0.1) is 18.7 Å². The topological polar surface area (TPSA) is 146 Å². The predicted octanol–water partition coefficient (Wildman–Crippen LogP) is 11.6. The number of fused-ring (bicyclic) bond motifs is 7. The van der Waals surface area contributed by atoms with Crippen LogP contribution in [0, 0.1) is 52.3 Å². The molecule has 402 valence electrons. The highest BCUT2D eigenvalue weighted by atomic mass is 16.6. The summed E-state index contributed by atoms with van der Waals surface area (Å²) in [7, 11) is 0. The molecule has 12 nitrogen and oxygen atoms in total. The summed E-state index contributed by atoms with van der Waals surface area (Å²) in [6.07, 6.45) is 20.5. The van der Waals surface area contributed by atoms with E-state index in [4.69, 9.17) is 14.2 Å². The summed E-state index contributed by atoms with van der Waals surface area (Å²) in [4.78, 5) is 57.0. The van der Waals surface area contributed by atoms with Crippen molar-refractivity contribution in [2.24, 2.45) is 52.3 Å². The second-order valence-electron chi connectivity index (χ2n) is 23.5. The zero-order chi connectivity index (χ0) is 53.1. The number of anilines is 1. The zero-order valence-corrected chi connectivity index (χ0v) is 45.9. The molecule has 12 heteroatoms. The van der Waals surface area contributed by atoms with Crippen LogP contribution in [-0.2, 0) is 23.9 Å². The molecule has 74 heavy (non-hydrogen) atoms. The highest BCUT2D eigenvalue weighted by molar-refractivity contribution is 6.02. The molecular formula is C62H86N3O9+. The van der Waals surface area contributed by atoms with Gasteiger partial charge in [0.15, 0.2) is 0 Å². The van der Waals surface area contributed by atoms with Gasteiger partial charge in [-0.3, -0.25) is 19.3 Å². The minimum absolute atomic E-state index is 0.00357. The van der Waals surface area contributed by atoms with Crippen LogP contribution in [0.25, 0.3) is 0 Å². The maximum Gasteiger partial charge on any atom is 0.338 e. The molecule has 3 saturated carbocycles. The number of esters is 2. The molecule has 0 amide bonds. The Labute approximate surface area is 441 Å². The Balaban J connectivity index is 1.01. The summed E-state index contributed by atoms with van der Waals surface area (Å²) in [5, 5.41) is 20.0. The summed E-state index contributed by atoms with van der Waals surface area (Å²) in [5.41, 5.74) is 5.67. The van der Waals surface area contributed by atoms with Gasteiger partial charge < -0.3 is 29.3 Å². The average Bonchev–Trinajstić information content (AvgIpc) is 3.73. The quantitative estimate of drug-likeness (QED) is 0.0700. The molecule has 1 heterocycles. The number of hydrogen-bond donors (Lipinski definition) is 2. The fourth-order valence-electron chi connectivity index (χ4n) is 15.2. The molecule has 0 bridgehead atoms. The van der Waals surface area contributed by atoms with E-state index in [0.717, 1.165) is 90.3 Å². The monoisotopic (exact) mass is 1020 g/mol. The van der Waals surface area contributed by atoms with E-state index in [-0.39, 0.29) is 22.8 Å². The van der Waals surface area contributed by atoms with Gasteiger partial charge in [-0.25, -0.2) is 9.37 Å². The number of nitrogens with zero attached hydrogens (tertiary/aromatic N) is 3. The Morgan fingerprint density at radius 3 is 2.28 bits per heavy atom. The van der Waals surface area contributed by atoms with Gasteiger partial charge in [-0.2, -0.15) is 0 Å². The van der Waals surface area contributed by atoms with E-state index in [0.29, 0.717) is 41.4 Å². The standard InChI is InChI=1S/C62H85N3O9/c1-10-63(11-2)42-22-25-48-54(34-42)74-55-35-43(64(12-3)13-4)23-26-49(55)58(48)45-19-14-15-20-46(45)59(70)72-38-53(65(36-56(66)67)37-57(68)69)60(71)73-44-29-31-61(8)41(33-44)21-24-47-51-28-27-50(40(7)18-16-17-39(5)6)62(51,9)32-30-52(47)61/h14-15,19-23,25-26,34-35,39-40,44,47-48,50-53,58H,10-13,16-18,24,27-33,36-38H2,1-9H3,(H-,66,67,68,69)/p+1/t40-,44+,47?,48?,50-,51?,52?,53?,58?,61+,62-/m1/s1. The van der Waals surface area contributed by atoms with E-state index in [1.807, 2.05) is 12.1 Å². The maximum absolute atomic E-state index is 14.6. The maximum atomic E-state index is 14.6. The van der Waals surface area contributed by atoms with Crippen molar-refractivity contribution in [2.45, 2.75) is 151 Å². The van der Waals surface area contributed by atoms with Gasteiger partial charge in [0.2, 0.25) is 5.71 Å². The smallest absolute Gasteiger partial charge is 0.338 e. The van der Waals surface area contributed by atoms with Crippen LogP contribution in [0.15, 0.2) is 78.1 Å². The Morgan fingerprint density at radius 2 is 1.59 bits per heavy atom. The molecule has 0 aromatic heterocycles. The molecule has 2 aromatic rings. The van der Waals surface area contributed by atoms with Crippen LogP contribution in [0.2, 0.25) is 0 Å². The molecule has 5 aliphatic carbocycles. The third-order valence-corrected chi connectivity index (χ3v) is 19.1. The van der Waals surface area contributed by atoms with Gasteiger partial charge in [-0.05, 0) is 137 Å². The largest absolute Gasteiger partial charge is 0.480 e. The Morgan fingerprint density at radius 1 is 0.865 bits per heavy atom. The number of carboxylic acids is 2. The summed E-state index contributed by atoms with van der Waals surface area (Å²) in [5.74, 6) is 0.913. The van der Waals surface area contributed by atoms with Crippen LogP contribution in [0.5, 0.6) is 5.75 Å². The second-order valence-corrected chi connectivity index (χ2v) is 23.5. The van der Waals surface area contributed by atoms with Gasteiger partial charge in [-0.15, -0.1) is 0 Å². The van der Waals surface area contributed by atoms with Crippen molar-refractivity contribution in [3.8, 4) is 5.75 Å². The number of allylic oxidation sites excluding steroid dienone is 4. The molecule has 3 fully saturated rings. The molecular weight excluding hydrogens is 931 g/mol. The minimum Gasteiger partial charge on any atom is -0.480 e. The highest BCUT2D eigenvalue weighted by Crippen LogP contribution is 2.67. The van der Waals surface area contributed by atoms with Crippen molar-refractivity contribution in [1.82, 2.24) is 4.90 Å². The molecule has 0 saturated heterocycles. The lowest BCUT2D eigenvalue weighted by atomic mass is 9.47. The first-order chi connectivity index (χ1) is 35.4. The molecule has 6 unspecified atom stereocenters. The van der Waals surface area contributed by atoms with Crippen molar-refractivity contribution in [3.63, 3.8) is 0 Å². The van der Waals surface area contributed by atoms with Gasteiger partial charge in [0.25, 0.3) is 0 Å². The van der Waals surface area contributed by atoms with E-state index < -0.39 is 55.7 Å². The number of carboxylic acid groups (broad SMARTS) is 2. The molecule has 11 atom stereocenters. The first kappa shape index (κ1) is 55.0. The summed E-state index contributed by atoms with van der Waals surface area (Å²) in [6, 6.07) is 12.0. The molecule has 0 spiro atoms. The van der Waals surface area contributed by atoms with Crippen LogP contribution in [0.1, 0.15) is 160 Å². The highest BCUT2D eigenvalue weighted by Gasteiger charge is 2.59. The van der Waals surface area contributed by atoms with Crippen LogP contribution < -0.4 is 9.64 Å². The molecule has 6 aliphatic rings. The molecule has 0 radical (unpaired) electrons. The van der Waals surface area contributed by atoms with Gasteiger partial charge in [0.1, 0.15) is 43.4 Å². The normalized spacial score (nSPS) is 28.5. The van der Waals surface area contributed by atoms with Crippen molar-refractivity contribution < 1.29 is 48.2 Å². The van der Waals surface area contributed by atoms with Crippen LogP contribution >= 0.6 is 0 Å². The van der Waals surface area contributed by atoms with E-state index in [9.17, 15) is 29.4 Å². The van der Waals surface area contributed by atoms with Gasteiger partial charge >= 0.3 is 23.9 Å². The predicted molar refractivity (Wildman–Crippen MR) is 290 cm³/mol. The van der Waals surface area contributed by atoms with E-state index in [2.05, 4.69) is 114 Å². The average molecular weight is 1020 g/mol. The number of benzene rings is 2. The SMILES string of the molecule is CCN(CC)c1ccc2c(c1)OC1=CC(=[N+](CC)CC)C=CC1C2c1ccccc1C(=O)OCC(C(=O)O[C@H]1CC[C@@]2(C)C(=CCC3C2CC[C@@]2(C)C3CC[C@@H]2[C@H](C)CCCC(C)C)C1)N(CC(=O)O)CC(=O)O.